The third-order valence-electron chi connectivity index (χ3n) is 6.76. The number of aromatic amines is 1. The van der Waals surface area contributed by atoms with Gasteiger partial charge in [-0.25, -0.2) is 4.68 Å². The number of ether oxygens (including phenoxy) is 2. The lowest BCUT2D eigenvalue weighted by molar-refractivity contribution is 0.163. The SMILES string of the molecule is CC[C@@H](c1nnnn1Cc1ccccc1)N(Cc1cccs1)Cc1cc2cc3c(cc2[nH]c1=O)OCCO3. The quantitative estimate of drug-likeness (QED) is 0.300. The van der Waals surface area contributed by atoms with Crippen molar-refractivity contribution in [2.75, 3.05) is 13.2 Å². The summed E-state index contributed by atoms with van der Waals surface area (Å²) in [6.07, 6.45) is 0.782. The van der Waals surface area contributed by atoms with Gasteiger partial charge in [0.15, 0.2) is 17.3 Å². The van der Waals surface area contributed by atoms with Crippen LogP contribution in [-0.2, 0) is 19.6 Å². The average molecular weight is 529 g/mol. The average Bonchev–Trinajstić information content (AvgIpc) is 3.62. The maximum absolute atomic E-state index is 13.2. The Kier molecular flexibility index (Phi) is 6.89. The van der Waals surface area contributed by atoms with Crippen molar-refractivity contribution in [3.63, 3.8) is 0 Å². The molecule has 194 valence electrons. The molecule has 1 N–H and O–H groups in total. The van der Waals surface area contributed by atoms with Gasteiger partial charge in [0, 0.05) is 35.0 Å². The van der Waals surface area contributed by atoms with Gasteiger partial charge in [0.05, 0.1) is 18.1 Å². The van der Waals surface area contributed by atoms with Crippen molar-refractivity contribution in [2.24, 2.45) is 0 Å². The maximum atomic E-state index is 13.2. The Morgan fingerprint density at radius 2 is 1.87 bits per heavy atom. The number of benzene rings is 2. The summed E-state index contributed by atoms with van der Waals surface area (Å²) in [4.78, 5) is 19.8. The van der Waals surface area contributed by atoms with E-state index >= 15 is 0 Å². The van der Waals surface area contributed by atoms with E-state index < -0.39 is 0 Å². The van der Waals surface area contributed by atoms with Crippen molar-refractivity contribution < 1.29 is 9.47 Å². The Hall–Kier alpha value is -4.02. The first-order valence-corrected chi connectivity index (χ1v) is 13.6. The smallest absolute Gasteiger partial charge is 0.252 e. The van der Waals surface area contributed by atoms with Gasteiger partial charge in [-0.1, -0.05) is 43.3 Å². The van der Waals surface area contributed by atoms with Crippen molar-refractivity contribution in [1.82, 2.24) is 30.1 Å². The third-order valence-corrected chi connectivity index (χ3v) is 7.62. The predicted octanol–water partition coefficient (Wildman–Crippen LogP) is 4.55. The molecule has 4 heterocycles. The van der Waals surface area contributed by atoms with Crippen LogP contribution < -0.4 is 15.0 Å². The Morgan fingerprint density at radius 1 is 1.05 bits per heavy atom. The zero-order valence-corrected chi connectivity index (χ0v) is 21.9. The van der Waals surface area contributed by atoms with E-state index in [0.29, 0.717) is 49.9 Å². The van der Waals surface area contributed by atoms with Crippen LogP contribution >= 0.6 is 11.3 Å². The van der Waals surface area contributed by atoms with Crippen molar-refractivity contribution in [3.05, 3.63) is 98.2 Å². The molecule has 38 heavy (non-hydrogen) atoms. The van der Waals surface area contributed by atoms with E-state index in [1.165, 1.54) is 4.88 Å². The topological polar surface area (TPSA) is 98.2 Å². The summed E-state index contributed by atoms with van der Waals surface area (Å²) in [6, 6.07) is 20.0. The van der Waals surface area contributed by atoms with Crippen LogP contribution in [0.3, 0.4) is 0 Å². The number of nitrogens with one attached hydrogen (secondary N) is 1. The second kappa shape index (κ2) is 10.8. The molecular formula is C28H28N6O3S. The van der Waals surface area contributed by atoms with E-state index in [4.69, 9.17) is 9.47 Å². The van der Waals surface area contributed by atoms with Crippen LogP contribution in [0.25, 0.3) is 10.9 Å². The molecule has 0 aliphatic carbocycles. The van der Waals surface area contributed by atoms with Gasteiger partial charge in [-0.05, 0) is 46.0 Å². The van der Waals surface area contributed by atoms with E-state index in [9.17, 15) is 4.79 Å². The molecule has 10 heteroatoms. The number of H-pyrrole nitrogens is 1. The molecule has 0 bridgehead atoms. The molecule has 5 aromatic rings. The van der Waals surface area contributed by atoms with Crippen LogP contribution in [0.15, 0.2) is 70.8 Å². The summed E-state index contributed by atoms with van der Waals surface area (Å²) < 4.78 is 13.3. The van der Waals surface area contributed by atoms with E-state index in [1.807, 2.05) is 47.1 Å². The number of nitrogens with zero attached hydrogens (tertiary/aromatic N) is 5. The number of aromatic nitrogens is 5. The second-order valence-electron chi connectivity index (χ2n) is 9.30. The van der Waals surface area contributed by atoms with E-state index in [1.54, 1.807) is 11.3 Å². The summed E-state index contributed by atoms with van der Waals surface area (Å²) in [6.45, 7) is 4.83. The molecule has 1 atom stereocenters. The fourth-order valence-corrected chi connectivity index (χ4v) is 5.66. The van der Waals surface area contributed by atoms with Crippen molar-refractivity contribution in [1.29, 1.82) is 0 Å². The highest BCUT2D eigenvalue weighted by molar-refractivity contribution is 7.09. The molecule has 0 spiro atoms. The van der Waals surface area contributed by atoms with Crippen molar-refractivity contribution >= 4 is 22.2 Å². The van der Waals surface area contributed by atoms with Crippen LogP contribution in [0.2, 0.25) is 0 Å². The zero-order chi connectivity index (χ0) is 25.9. The summed E-state index contributed by atoms with van der Waals surface area (Å²) in [5.74, 6) is 2.14. The van der Waals surface area contributed by atoms with E-state index in [0.717, 1.165) is 28.7 Å². The molecule has 2 aromatic carbocycles. The molecular weight excluding hydrogens is 500 g/mol. The van der Waals surface area contributed by atoms with E-state index in [-0.39, 0.29) is 11.6 Å². The molecule has 0 amide bonds. The van der Waals surface area contributed by atoms with Crippen LogP contribution in [0.1, 0.15) is 41.2 Å². The van der Waals surface area contributed by atoms with Crippen molar-refractivity contribution in [3.8, 4) is 11.5 Å². The third kappa shape index (κ3) is 5.05. The minimum Gasteiger partial charge on any atom is -0.486 e. The molecule has 0 fully saturated rings. The molecule has 0 radical (unpaired) electrons. The normalized spacial score (nSPS) is 13.7. The Balaban J connectivity index is 1.35. The molecule has 0 unspecified atom stereocenters. The standard InChI is InChI=1S/C28H28N6O3S/c1-2-24(27-30-31-32-34(27)16-19-7-4-3-5-8-19)33(18-22-9-6-12-38-22)17-21-13-20-14-25-26(37-11-10-36-25)15-23(20)29-28(21)35/h3-9,12-15,24H,2,10-11,16-18H2,1H3,(H,29,35)/t24-/m0/s1. The first kappa shape index (κ1) is 24.3. The lowest BCUT2D eigenvalue weighted by Crippen LogP contribution is -2.32. The Morgan fingerprint density at radius 3 is 2.63 bits per heavy atom. The molecule has 3 aromatic heterocycles. The summed E-state index contributed by atoms with van der Waals surface area (Å²) >= 11 is 1.70. The highest BCUT2D eigenvalue weighted by Gasteiger charge is 2.26. The predicted molar refractivity (Wildman–Crippen MR) is 146 cm³/mol. The number of hydrogen-bond donors (Lipinski definition) is 1. The summed E-state index contributed by atoms with van der Waals surface area (Å²) in [5, 5.41) is 15.7. The monoisotopic (exact) mass is 528 g/mol. The van der Waals surface area contributed by atoms with Gasteiger partial charge in [-0.2, -0.15) is 0 Å². The molecule has 0 saturated heterocycles. The fraction of sp³-hybridized carbons (Fsp3) is 0.286. The minimum atomic E-state index is -0.121. The van der Waals surface area contributed by atoms with Gasteiger partial charge in [0.2, 0.25) is 0 Å². The first-order valence-electron chi connectivity index (χ1n) is 12.7. The van der Waals surface area contributed by atoms with Crippen LogP contribution in [0.5, 0.6) is 11.5 Å². The van der Waals surface area contributed by atoms with E-state index in [2.05, 4.69) is 55.9 Å². The lowest BCUT2D eigenvalue weighted by atomic mass is 10.1. The van der Waals surface area contributed by atoms with Crippen LogP contribution in [0.4, 0.5) is 0 Å². The summed E-state index contributed by atoms with van der Waals surface area (Å²) in [7, 11) is 0. The molecule has 6 rings (SSSR count). The molecule has 1 aliphatic rings. The number of hydrogen-bond acceptors (Lipinski definition) is 8. The molecule has 1 aliphatic heterocycles. The number of pyridine rings is 1. The lowest BCUT2D eigenvalue weighted by Gasteiger charge is -2.30. The van der Waals surface area contributed by atoms with Crippen LogP contribution in [-0.4, -0.2) is 43.3 Å². The maximum Gasteiger partial charge on any atom is 0.252 e. The zero-order valence-electron chi connectivity index (χ0n) is 21.0. The first-order chi connectivity index (χ1) is 18.7. The largest absolute Gasteiger partial charge is 0.486 e. The molecule has 9 nitrogen and oxygen atoms in total. The highest BCUT2D eigenvalue weighted by Crippen LogP contribution is 2.34. The number of rotatable bonds is 9. The Labute approximate surface area is 223 Å². The minimum absolute atomic E-state index is 0.0915. The van der Waals surface area contributed by atoms with Gasteiger partial charge in [0.25, 0.3) is 5.56 Å². The fourth-order valence-electron chi connectivity index (χ4n) is 4.93. The van der Waals surface area contributed by atoms with Gasteiger partial charge < -0.3 is 14.5 Å². The van der Waals surface area contributed by atoms with Gasteiger partial charge in [-0.15, -0.1) is 16.4 Å². The van der Waals surface area contributed by atoms with Gasteiger partial charge >= 0.3 is 0 Å². The van der Waals surface area contributed by atoms with Crippen LogP contribution in [0, 0.1) is 0 Å². The van der Waals surface area contributed by atoms with Crippen molar-refractivity contribution in [2.45, 2.75) is 39.0 Å². The Bertz CT molecular complexity index is 1580. The summed E-state index contributed by atoms with van der Waals surface area (Å²) in [5.41, 5.74) is 2.41. The number of tetrazole rings is 1. The number of fused-ring (bicyclic) bond motifs is 2. The highest BCUT2D eigenvalue weighted by atomic mass is 32.1. The number of thiophene rings is 1. The van der Waals surface area contributed by atoms with Gasteiger partial charge in [0.1, 0.15) is 13.2 Å². The van der Waals surface area contributed by atoms with Gasteiger partial charge in [-0.3, -0.25) is 9.69 Å². The second-order valence-corrected chi connectivity index (χ2v) is 10.3. The molecule has 0 saturated carbocycles.